The summed E-state index contributed by atoms with van der Waals surface area (Å²) in [6.45, 7) is 1.02. The van der Waals surface area contributed by atoms with Gasteiger partial charge in [-0.25, -0.2) is 14.6 Å². The fourth-order valence-corrected chi connectivity index (χ4v) is 4.68. The number of carbonyl (C=O) groups is 4. The molecule has 37 heavy (non-hydrogen) atoms. The molecule has 2 aromatic heterocycles. The van der Waals surface area contributed by atoms with Crippen molar-refractivity contribution >= 4 is 34.7 Å². The van der Waals surface area contributed by atoms with Crippen LogP contribution in [-0.2, 0) is 47.4 Å². The van der Waals surface area contributed by atoms with Gasteiger partial charge in [-0.05, 0) is 24.6 Å². The third kappa shape index (κ3) is 4.03. The topological polar surface area (TPSA) is 154 Å². The Balaban J connectivity index is 1.53. The van der Waals surface area contributed by atoms with Crippen LogP contribution in [0.3, 0.4) is 0 Å². The number of aliphatic carboxylic acids is 1. The predicted octanol–water partition coefficient (Wildman–Crippen LogP) is 1.39. The highest BCUT2D eigenvalue weighted by Crippen LogP contribution is 2.40. The van der Waals surface area contributed by atoms with Gasteiger partial charge in [-0.3, -0.25) is 14.4 Å². The van der Waals surface area contributed by atoms with Crippen LogP contribution in [-0.4, -0.2) is 45.0 Å². The summed E-state index contributed by atoms with van der Waals surface area (Å²) in [5, 5.41) is 11.7. The Bertz CT molecular complexity index is 1590. The van der Waals surface area contributed by atoms with E-state index < -0.39 is 36.0 Å². The van der Waals surface area contributed by atoms with Crippen molar-refractivity contribution in [2.75, 3.05) is 6.54 Å². The lowest BCUT2D eigenvalue weighted by Crippen LogP contribution is -2.48. The number of carboxylic acid groups (broad SMARTS) is 1. The van der Waals surface area contributed by atoms with Crippen LogP contribution in [0.4, 0.5) is 0 Å². The number of ether oxygens (including phenoxy) is 2. The number of nitrogens with zero attached hydrogens (tertiary/aromatic N) is 2. The van der Waals surface area contributed by atoms with Crippen LogP contribution in [0.15, 0.2) is 53.3 Å². The molecule has 0 fully saturated rings. The number of carboxylic acids is 1. The third-order valence-corrected chi connectivity index (χ3v) is 6.46. The predicted molar refractivity (Wildman–Crippen MR) is 128 cm³/mol. The van der Waals surface area contributed by atoms with E-state index in [4.69, 9.17) is 19.6 Å². The highest BCUT2D eigenvalue weighted by molar-refractivity contribution is 5.95. The van der Waals surface area contributed by atoms with Crippen LogP contribution in [0.2, 0.25) is 0 Å². The lowest BCUT2D eigenvalue weighted by molar-refractivity contribution is -0.189. The molecular weight excluding hydrogens is 482 g/mol. The number of aromatic nitrogens is 2. The van der Waals surface area contributed by atoms with Crippen molar-refractivity contribution in [3.63, 3.8) is 0 Å². The van der Waals surface area contributed by atoms with Crippen molar-refractivity contribution in [1.29, 1.82) is 0 Å². The van der Waals surface area contributed by atoms with Crippen molar-refractivity contribution in [2.45, 2.75) is 32.1 Å². The first kappa shape index (κ1) is 23.9. The lowest BCUT2D eigenvalue weighted by atomic mass is 9.85. The van der Waals surface area contributed by atoms with Gasteiger partial charge in [-0.2, -0.15) is 0 Å². The van der Waals surface area contributed by atoms with Crippen LogP contribution >= 0.6 is 0 Å². The maximum Gasteiger partial charge on any atom is 0.355 e. The minimum atomic E-state index is -1.90. The van der Waals surface area contributed by atoms with E-state index in [0.29, 0.717) is 24.0 Å². The Morgan fingerprint density at radius 1 is 1.22 bits per heavy atom. The van der Waals surface area contributed by atoms with Gasteiger partial charge < -0.3 is 24.5 Å². The van der Waals surface area contributed by atoms with E-state index in [2.05, 4.69) is 5.32 Å². The van der Waals surface area contributed by atoms with Gasteiger partial charge in [0.1, 0.15) is 13.2 Å². The molecule has 2 aliphatic heterocycles. The molecule has 0 spiro atoms. The summed E-state index contributed by atoms with van der Waals surface area (Å²) >= 11 is 0. The normalized spacial score (nSPS) is 17.6. The zero-order chi connectivity index (χ0) is 26.3. The summed E-state index contributed by atoms with van der Waals surface area (Å²) < 4.78 is 12.4. The molecule has 0 saturated carbocycles. The minimum Gasteiger partial charge on any atom is -0.478 e. The van der Waals surface area contributed by atoms with Gasteiger partial charge in [0, 0.05) is 28.7 Å². The maximum absolute atomic E-state index is 13.5. The summed E-state index contributed by atoms with van der Waals surface area (Å²) in [7, 11) is 0. The largest absolute Gasteiger partial charge is 0.478 e. The average Bonchev–Trinajstić information content (AvgIpc) is 3.24. The fourth-order valence-electron chi connectivity index (χ4n) is 4.68. The SMILES string of the molecule is CCC1(OC(=O)CNC(=O)/C=C\C(=O)O)C(=O)OCc2c1cc1n(c2=O)Cc2cc3ccccc3nc2-1. The minimum absolute atomic E-state index is 0.0294. The van der Waals surface area contributed by atoms with Gasteiger partial charge in [-0.15, -0.1) is 0 Å². The van der Waals surface area contributed by atoms with E-state index in [1.807, 2.05) is 30.3 Å². The van der Waals surface area contributed by atoms with Gasteiger partial charge in [-0.1, -0.05) is 25.1 Å². The van der Waals surface area contributed by atoms with Crippen LogP contribution < -0.4 is 10.9 Å². The molecule has 1 atom stereocenters. The van der Waals surface area contributed by atoms with E-state index >= 15 is 0 Å². The van der Waals surface area contributed by atoms with Crippen molar-refractivity contribution in [3.8, 4) is 11.4 Å². The van der Waals surface area contributed by atoms with Crippen molar-refractivity contribution in [2.24, 2.45) is 0 Å². The van der Waals surface area contributed by atoms with Crippen LogP contribution in [0.1, 0.15) is 30.0 Å². The van der Waals surface area contributed by atoms with Gasteiger partial charge >= 0.3 is 17.9 Å². The first-order chi connectivity index (χ1) is 17.7. The second-order valence-electron chi connectivity index (χ2n) is 8.62. The lowest BCUT2D eigenvalue weighted by Gasteiger charge is -2.35. The van der Waals surface area contributed by atoms with Crippen molar-refractivity contribution < 1.29 is 33.8 Å². The number of pyridine rings is 2. The second kappa shape index (κ2) is 9.01. The Morgan fingerprint density at radius 2 is 2.00 bits per heavy atom. The number of rotatable bonds is 6. The highest BCUT2D eigenvalue weighted by atomic mass is 16.6. The zero-order valence-electron chi connectivity index (χ0n) is 19.6. The number of cyclic esters (lactones) is 1. The highest BCUT2D eigenvalue weighted by Gasteiger charge is 2.50. The molecule has 1 unspecified atom stereocenters. The van der Waals surface area contributed by atoms with E-state index in [1.165, 1.54) is 0 Å². The quantitative estimate of drug-likeness (QED) is 0.293. The van der Waals surface area contributed by atoms with E-state index in [0.717, 1.165) is 22.5 Å². The molecule has 5 rings (SSSR count). The number of nitrogens with one attached hydrogen (secondary N) is 1. The van der Waals surface area contributed by atoms with Crippen LogP contribution in [0.25, 0.3) is 22.3 Å². The Morgan fingerprint density at radius 3 is 2.76 bits per heavy atom. The van der Waals surface area contributed by atoms with Gasteiger partial charge in [0.2, 0.25) is 11.5 Å². The first-order valence-corrected chi connectivity index (χ1v) is 11.5. The zero-order valence-corrected chi connectivity index (χ0v) is 19.6. The molecule has 1 aromatic carbocycles. The van der Waals surface area contributed by atoms with Crippen LogP contribution in [0, 0.1) is 0 Å². The summed E-state index contributed by atoms with van der Waals surface area (Å²) in [6, 6.07) is 11.2. The van der Waals surface area contributed by atoms with E-state index in [9.17, 15) is 24.0 Å². The molecule has 4 heterocycles. The van der Waals surface area contributed by atoms with Gasteiger partial charge in [0.05, 0.1) is 29.0 Å². The molecule has 11 nitrogen and oxygen atoms in total. The van der Waals surface area contributed by atoms with Gasteiger partial charge in [0.25, 0.3) is 5.56 Å². The van der Waals surface area contributed by atoms with E-state index in [1.54, 1.807) is 17.6 Å². The molecule has 0 bridgehead atoms. The summed E-state index contributed by atoms with van der Waals surface area (Å²) in [6.07, 6.45) is 1.33. The molecule has 2 N–H and O–H groups in total. The smallest absolute Gasteiger partial charge is 0.355 e. The second-order valence-corrected chi connectivity index (χ2v) is 8.62. The standard InChI is InChI=1S/C26H21N3O8/c1-2-26(37-22(33)11-27-20(30)7-8-21(31)32)17-10-19-23-15(9-14-5-3-4-6-18(14)28-23)12-29(19)24(34)16(17)13-36-25(26)35/h3-10H,2,11-13H2,1H3,(H,27,30)(H,31,32)/b8-7-. The number of carbonyl (C=O) groups excluding carboxylic acids is 3. The van der Waals surface area contributed by atoms with Gasteiger partial charge in [0.15, 0.2) is 0 Å². The molecule has 0 radical (unpaired) electrons. The molecule has 11 heteroatoms. The number of hydrogen-bond donors (Lipinski definition) is 2. The number of fused-ring (bicyclic) bond motifs is 5. The summed E-state index contributed by atoms with van der Waals surface area (Å²) in [5.74, 6) is -3.95. The fraction of sp³-hybridized carbons (Fsp3) is 0.231. The molecule has 188 valence electrons. The summed E-state index contributed by atoms with van der Waals surface area (Å²) in [4.78, 5) is 66.2. The Kier molecular flexibility index (Phi) is 5.82. The third-order valence-electron chi connectivity index (χ3n) is 6.46. The van der Waals surface area contributed by atoms with Crippen molar-refractivity contribution in [1.82, 2.24) is 14.9 Å². The number of esters is 2. The monoisotopic (exact) mass is 503 g/mol. The number of benzene rings is 1. The van der Waals surface area contributed by atoms with Crippen LogP contribution in [0.5, 0.6) is 0 Å². The average molecular weight is 503 g/mol. The summed E-state index contributed by atoms with van der Waals surface area (Å²) in [5.41, 5.74) is 0.844. The number of para-hydroxylation sites is 1. The number of hydrogen-bond acceptors (Lipinski definition) is 8. The first-order valence-electron chi connectivity index (χ1n) is 11.5. The van der Waals surface area contributed by atoms with E-state index in [-0.39, 0.29) is 29.7 Å². The molecule has 0 saturated heterocycles. The molecule has 0 aliphatic carbocycles. The Labute approximate surface area is 209 Å². The molecule has 3 aromatic rings. The molecular formula is C26H21N3O8. The molecule has 2 aliphatic rings. The Hall–Kier alpha value is -4.80. The molecule has 1 amide bonds. The maximum atomic E-state index is 13.5. The van der Waals surface area contributed by atoms with Crippen molar-refractivity contribution in [3.05, 3.63) is 75.6 Å². The number of amides is 1.